The Morgan fingerprint density at radius 1 is 1.33 bits per heavy atom. The molecule has 0 aliphatic carbocycles. The van der Waals surface area contributed by atoms with E-state index in [4.69, 9.17) is 22.1 Å². The number of nitrogen functional groups attached to an aromatic ring is 1. The molecular formula is C16H16ClFN2O4. The smallest absolute Gasteiger partial charge is 0.358 e. The summed E-state index contributed by atoms with van der Waals surface area (Å²) in [5, 5.41) is 9.12. The molecule has 1 aromatic carbocycles. The van der Waals surface area contributed by atoms with Crippen LogP contribution in [-0.2, 0) is 4.74 Å². The first-order valence-corrected chi connectivity index (χ1v) is 7.32. The van der Waals surface area contributed by atoms with Crippen LogP contribution in [0.25, 0.3) is 5.69 Å². The predicted octanol–water partition coefficient (Wildman–Crippen LogP) is 3.51. The summed E-state index contributed by atoms with van der Waals surface area (Å²) in [6.45, 7) is 4.98. The molecule has 0 saturated carbocycles. The van der Waals surface area contributed by atoms with Gasteiger partial charge in [-0.25, -0.2) is 14.0 Å². The van der Waals surface area contributed by atoms with Crippen molar-refractivity contribution in [2.75, 3.05) is 5.73 Å². The average Bonchev–Trinajstić information content (AvgIpc) is 2.78. The molecule has 8 heteroatoms. The molecule has 128 valence electrons. The number of nitrogens with two attached hydrogens (primary N) is 1. The molecule has 0 saturated heterocycles. The number of hydrogen-bond donors (Lipinski definition) is 2. The van der Waals surface area contributed by atoms with E-state index in [0.717, 1.165) is 12.3 Å². The number of aromatic nitrogens is 1. The zero-order valence-corrected chi connectivity index (χ0v) is 14.0. The van der Waals surface area contributed by atoms with E-state index in [2.05, 4.69) is 0 Å². The van der Waals surface area contributed by atoms with Gasteiger partial charge in [-0.05, 0) is 39.0 Å². The van der Waals surface area contributed by atoms with Gasteiger partial charge in [-0.3, -0.25) is 0 Å². The third-order valence-electron chi connectivity index (χ3n) is 3.05. The van der Waals surface area contributed by atoms with Crippen LogP contribution in [0, 0.1) is 5.82 Å². The van der Waals surface area contributed by atoms with Gasteiger partial charge in [-0.15, -0.1) is 0 Å². The summed E-state index contributed by atoms with van der Waals surface area (Å²) in [5.74, 6) is -2.85. The maximum atomic E-state index is 13.7. The molecular weight excluding hydrogens is 339 g/mol. The van der Waals surface area contributed by atoms with Crippen LogP contribution >= 0.6 is 11.6 Å². The first kappa shape index (κ1) is 17.8. The van der Waals surface area contributed by atoms with Gasteiger partial charge < -0.3 is 20.1 Å². The molecule has 24 heavy (non-hydrogen) atoms. The number of carbonyl (C=O) groups is 2. The van der Waals surface area contributed by atoms with E-state index in [-0.39, 0.29) is 27.7 Å². The van der Waals surface area contributed by atoms with E-state index < -0.39 is 23.4 Å². The molecule has 0 aliphatic rings. The van der Waals surface area contributed by atoms with Crippen molar-refractivity contribution in [3.05, 3.63) is 46.5 Å². The first-order valence-electron chi connectivity index (χ1n) is 6.94. The highest BCUT2D eigenvalue weighted by molar-refractivity contribution is 6.30. The van der Waals surface area contributed by atoms with Gasteiger partial charge in [0.2, 0.25) is 0 Å². The third kappa shape index (κ3) is 3.51. The fourth-order valence-corrected chi connectivity index (χ4v) is 2.18. The second-order valence-electron chi connectivity index (χ2n) is 6.08. The summed E-state index contributed by atoms with van der Waals surface area (Å²) in [4.78, 5) is 23.7. The van der Waals surface area contributed by atoms with Gasteiger partial charge >= 0.3 is 11.9 Å². The number of nitrogens with zero attached hydrogens (tertiary/aromatic N) is 1. The van der Waals surface area contributed by atoms with E-state index >= 15 is 0 Å². The summed E-state index contributed by atoms with van der Waals surface area (Å²) in [7, 11) is 0. The van der Waals surface area contributed by atoms with Gasteiger partial charge in [0.15, 0.2) is 5.69 Å². The van der Waals surface area contributed by atoms with Crippen LogP contribution in [-0.4, -0.2) is 27.2 Å². The van der Waals surface area contributed by atoms with Crippen LogP contribution in [0.4, 0.5) is 10.1 Å². The molecule has 2 aromatic rings. The lowest BCUT2D eigenvalue weighted by molar-refractivity contribution is 0.00618. The van der Waals surface area contributed by atoms with E-state index in [0.29, 0.717) is 0 Å². The number of carbonyl (C=O) groups excluding carboxylic acids is 1. The standard InChI is InChI=1S/C16H16ClFN2O4/c1-16(2,3)24-15(23)13-12(19)9(14(21)22)7-20(13)8-4-5-10(17)11(18)6-8/h4-7H,19H2,1-3H3,(H,21,22). The Balaban J connectivity index is 2.65. The van der Waals surface area contributed by atoms with Gasteiger partial charge in [-0.1, -0.05) is 11.6 Å². The molecule has 0 atom stereocenters. The lowest BCUT2D eigenvalue weighted by atomic mass is 10.2. The number of halogens is 2. The zero-order chi connectivity index (χ0) is 18.2. The van der Waals surface area contributed by atoms with Gasteiger partial charge in [0, 0.05) is 11.9 Å². The highest BCUT2D eigenvalue weighted by Gasteiger charge is 2.28. The summed E-state index contributed by atoms with van der Waals surface area (Å²) >= 11 is 5.65. The molecule has 0 unspecified atom stereocenters. The Morgan fingerprint density at radius 3 is 2.46 bits per heavy atom. The minimum atomic E-state index is -1.31. The third-order valence-corrected chi connectivity index (χ3v) is 3.35. The van der Waals surface area contributed by atoms with Crippen molar-refractivity contribution in [2.45, 2.75) is 26.4 Å². The molecule has 6 nitrogen and oxygen atoms in total. The molecule has 0 fully saturated rings. The van der Waals surface area contributed by atoms with Crippen LogP contribution in [0.3, 0.4) is 0 Å². The number of carboxylic acids is 1. The van der Waals surface area contributed by atoms with E-state index in [1.165, 1.54) is 16.7 Å². The second kappa shape index (κ2) is 6.16. The lowest BCUT2D eigenvalue weighted by Crippen LogP contribution is -2.25. The van der Waals surface area contributed by atoms with Gasteiger partial charge in [-0.2, -0.15) is 0 Å². The van der Waals surface area contributed by atoms with E-state index in [1.54, 1.807) is 20.8 Å². The molecule has 0 amide bonds. The monoisotopic (exact) mass is 354 g/mol. The highest BCUT2D eigenvalue weighted by atomic mass is 35.5. The molecule has 2 rings (SSSR count). The van der Waals surface area contributed by atoms with E-state index in [1.807, 2.05) is 0 Å². The second-order valence-corrected chi connectivity index (χ2v) is 6.49. The Bertz CT molecular complexity index is 824. The minimum absolute atomic E-state index is 0.101. The van der Waals surface area contributed by atoms with Gasteiger partial charge in [0.25, 0.3) is 0 Å². The molecule has 1 aromatic heterocycles. The average molecular weight is 355 g/mol. The topological polar surface area (TPSA) is 94.6 Å². The fraction of sp³-hybridized carbons (Fsp3) is 0.250. The Hall–Kier alpha value is -2.54. The first-order chi connectivity index (χ1) is 11.0. The van der Waals surface area contributed by atoms with Crippen molar-refractivity contribution in [3.63, 3.8) is 0 Å². The highest BCUT2D eigenvalue weighted by Crippen LogP contribution is 2.28. The molecule has 0 bridgehead atoms. The normalized spacial score (nSPS) is 11.4. The van der Waals surface area contributed by atoms with Crippen molar-refractivity contribution in [1.29, 1.82) is 0 Å². The number of rotatable bonds is 3. The van der Waals surface area contributed by atoms with Crippen LogP contribution in [0.2, 0.25) is 5.02 Å². The SMILES string of the molecule is CC(C)(C)OC(=O)c1c(N)c(C(=O)O)cn1-c1ccc(Cl)c(F)c1. The fourth-order valence-electron chi connectivity index (χ4n) is 2.06. The number of anilines is 1. The number of ether oxygens (including phenoxy) is 1. The lowest BCUT2D eigenvalue weighted by Gasteiger charge is -2.20. The minimum Gasteiger partial charge on any atom is -0.478 e. The molecule has 1 heterocycles. The van der Waals surface area contributed by atoms with Crippen molar-refractivity contribution in [3.8, 4) is 5.69 Å². The van der Waals surface area contributed by atoms with Crippen molar-refractivity contribution in [1.82, 2.24) is 4.57 Å². The Labute approximate surface area is 142 Å². The van der Waals surface area contributed by atoms with Crippen LogP contribution in [0.5, 0.6) is 0 Å². The Kier molecular flexibility index (Phi) is 4.57. The number of aromatic carboxylic acids is 1. The summed E-state index contributed by atoms with van der Waals surface area (Å²) < 4.78 is 20.2. The summed E-state index contributed by atoms with van der Waals surface area (Å²) in [5.41, 5.74) is 4.45. The van der Waals surface area contributed by atoms with Crippen molar-refractivity contribution in [2.24, 2.45) is 0 Å². The van der Waals surface area contributed by atoms with Crippen molar-refractivity contribution < 1.29 is 23.8 Å². The summed E-state index contributed by atoms with van der Waals surface area (Å²) in [6.07, 6.45) is 1.14. The number of esters is 1. The number of benzene rings is 1. The quantitative estimate of drug-likeness (QED) is 0.822. The van der Waals surface area contributed by atoms with Gasteiger partial charge in [0.1, 0.15) is 17.0 Å². The Morgan fingerprint density at radius 2 is 1.96 bits per heavy atom. The van der Waals surface area contributed by atoms with E-state index in [9.17, 15) is 19.1 Å². The van der Waals surface area contributed by atoms with Crippen LogP contribution in [0.15, 0.2) is 24.4 Å². The maximum Gasteiger partial charge on any atom is 0.358 e. The van der Waals surface area contributed by atoms with Crippen LogP contribution < -0.4 is 5.73 Å². The molecule has 0 spiro atoms. The number of carboxylic acid groups (broad SMARTS) is 1. The van der Waals surface area contributed by atoms with Crippen molar-refractivity contribution >= 4 is 29.2 Å². The number of hydrogen-bond acceptors (Lipinski definition) is 4. The van der Waals surface area contributed by atoms with Crippen LogP contribution in [0.1, 0.15) is 41.6 Å². The molecule has 0 radical (unpaired) electrons. The molecule has 3 N–H and O–H groups in total. The predicted molar refractivity (Wildman–Crippen MR) is 87.3 cm³/mol. The maximum absolute atomic E-state index is 13.7. The molecule has 0 aliphatic heterocycles. The zero-order valence-electron chi connectivity index (χ0n) is 13.3. The van der Waals surface area contributed by atoms with Gasteiger partial charge in [0.05, 0.1) is 10.7 Å². The largest absolute Gasteiger partial charge is 0.478 e. The summed E-state index contributed by atoms with van der Waals surface area (Å²) in [6, 6.07) is 3.80.